The molecule has 1 unspecified atom stereocenters. The molecule has 0 radical (unpaired) electrons. The third-order valence-corrected chi connectivity index (χ3v) is 3.50. The van der Waals surface area contributed by atoms with E-state index < -0.39 is 0 Å². The van der Waals surface area contributed by atoms with Crippen LogP contribution in [0.2, 0.25) is 15.1 Å². The molecule has 1 atom stereocenters. The zero-order valence-electron chi connectivity index (χ0n) is 9.54. The molecule has 0 aliphatic heterocycles. The van der Waals surface area contributed by atoms with Gasteiger partial charge in [0.1, 0.15) is 0 Å². The summed E-state index contributed by atoms with van der Waals surface area (Å²) in [4.78, 5) is 0. The van der Waals surface area contributed by atoms with Crippen LogP contribution in [0, 0.1) is 0 Å². The first-order valence-corrected chi connectivity index (χ1v) is 6.64. The number of halogens is 3. The van der Waals surface area contributed by atoms with Gasteiger partial charge in [-0.25, -0.2) is 0 Å². The molecule has 0 aliphatic carbocycles. The number of benzene rings is 2. The van der Waals surface area contributed by atoms with E-state index in [1.807, 2.05) is 30.3 Å². The molecule has 0 saturated heterocycles. The largest absolute Gasteiger partial charge is 0.324 e. The lowest BCUT2D eigenvalue weighted by atomic mass is 10.00. The van der Waals surface area contributed by atoms with Gasteiger partial charge in [-0.3, -0.25) is 0 Å². The number of rotatable bonds is 3. The first kappa shape index (κ1) is 13.7. The van der Waals surface area contributed by atoms with Gasteiger partial charge >= 0.3 is 0 Å². The lowest BCUT2D eigenvalue weighted by Crippen LogP contribution is -2.13. The molecule has 0 aromatic heterocycles. The van der Waals surface area contributed by atoms with Crippen molar-refractivity contribution in [2.45, 2.75) is 12.5 Å². The Morgan fingerprint density at radius 2 is 1.67 bits per heavy atom. The highest BCUT2D eigenvalue weighted by Gasteiger charge is 2.11. The van der Waals surface area contributed by atoms with Crippen LogP contribution in [0.3, 0.4) is 0 Å². The molecule has 94 valence electrons. The van der Waals surface area contributed by atoms with Crippen molar-refractivity contribution in [1.82, 2.24) is 0 Å². The second-order valence-corrected chi connectivity index (χ2v) is 5.39. The SMILES string of the molecule is NC(Cc1cccc(Cl)c1)c1ccc(Cl)cc1Cl. The van der Waals surface area contributed by atoms with E-state index in [2.05, 4.69) is 0 Å². The first-order chi connectivity index (χ1) is 8.56. The monoisotopic (exact) mass is 299 g/mol. The van der Waals surface area contributed by atoms with Crippen molar-refractivity contribution in [3.63, 3.8) is 0 Å². The Balaban J connectivity index is 2.19. The van der Waals surface area contributed by atoms with Crippen LogP contribution in [-0.2, 0) is 6.42 Å². The van der Waals surface area contributed by atoms with Crippen LogP contribution in [-0.4, -0.2) is 0 Å². The quantitative estimate of drug-likeness (QED) is 0.858. The van der Waals surface area contributed by atoms with E-state index in [1.54, 1.807) is 12.1 Å². The third kappa shape index (κ3) is 3.39. The van der Waals surface area contributed by atoms with Gasteiger partial charge in [0.25, 0.3) is 0 Å². The average molecular weight is 301 g/mol. The molecule has 18 heavy (non-hydrogen) atoms. The highest BCUT2D eigenvalue weighted by atomic mass is 35.5. The van der Waals surface area contributed by atoms with E-state index in [9.17, 15) is 0 Å². The first-order valence-electron chi connectivity index (χ1n) is 5.51. The Kier molecular flexibility index (Phi) is 4.52. The Morgan fingerprint density at radius 3 is 2.33 bits per heavy atom. The van der Waals surface area contributed by atoms with Gasteiger partial charge in [-0.15, -0.1) is 0 Å². The van der Waals surface area contributed by atoms with E-state index in [0.29, 0.717) is 21.5 Å². The Labute approximate surface area is 121 Å². The van der Waals surface area contributed by atoms with Crippen LogP contribution in [0.25, 0.3) is 0 Å². The van der Waals surface area contributed by atoms with Gasteiger partial charge in [0, 0.05) is 21.1 Å². The van der Waals surface area contributed by atoms with Gasteiger partial charge in [-0.05, 0) is 41.8 Å². The number of hydrogen-bond donors (Lipinski definition) is 1. The van der Waals surface area contributed by atoms with Gasteiger partial charge < -0.3 is 5.73 Å². The second kappa shape index (κ2) is 5.94. The minimum atomic E-state index is -0.173. The van der Waals surface area contributed by atoms with Gasteiger partial charge in [0.15, 0.2) is 0 Å². The lowest BCUT2D eigenvalue weighted by Gasteiger charge is -2.14. The summed E-state index contributed by atoms with van der Waals surface area (Å²) in [6, 6.07) is 12.8. The normalized spacial score (nSPS) is 12.4. The molecule has 2 rings (SSSR count). The fourth-order valence-electron chi connectivity index (χ4n) is 1.83. The van der Waals surface area contributed by atoms with Crippen LogP contribution < -0.4 is 5.73 Å². The highest BCUT2D eigenvalue weighted by molar-refractivity contribution is 6.35. The summed E-state index contributed by atoms with van der Waals surface area (Å²) in [7, 11) is 0. The van der Waals surface area contributed by atoms with E-state index in [-0.39, 0.29) is 6.04 Å². The predicted octanol–water partition coefficient (Wildman–Crippen LogP) is 4.89. The molecular weight excluding hydrogens is 289 g/mol. The van der Waals surface area contributed by atoms with Gasteiger partial charge in [-0.1, -0.05) is 53.0 Å². The molecular formula is C14H12Cl3N. The summed E-state index contributed by atoms with van der Waals surface area (Å²) in [5.74, 6) is 0. The van der Waals surface area contributed by atoms with Crippen molar-refractivity contribution in [2.24, 2.45) is 5.73 Å². The maximum atomic E-state index is 6.16. The van der Waals surface area contributed by atoms with Crippen LogP contribution in [0.5, 0.6) is 0 Å². The minimum absolute atomic E-state index is 0.173. The molecule has 0 fully saturated rings. The van der Waals surface area contributed by atoms with Crippen molar-refractivity contribution in [2.75, 3.05) is 0 Å². The van der Waals surface area contributed by atoms with Crippen molar-refractivity contribution < 1.29 is 0 Å². The lowest BCUT2D eigenvalue weighted by molar-refractivity contribution is 0.722. The molecule has 0 amide bonds. The predicted molar refractivity (Wildman–Crippen MR) is 78.5 cm³/mol. The third-order valence-electron chi connectivity index (χ3n) is 2.71. The molecule has 0 saturated carbocycles. The summed E-state index contributed by atoms with van der Waals surface area (Å²) >= 11 is 17.9. The molecule has 4 heteroatoms. The Morgan fingerprint density at radius 1 is 0.944 bits per heavy atom. The average Bonchev–Trinajstić information content (AvgIpc) is 2.28. The minimum Gasteiger partial charge on any atom is -0.324 e. The standard InChI is InChI=1S/C14H12Cl3N/c15-10-3-1-2-9(6-10)7-14(18)12-5-4-11(16)8-13(12)17/h1-6,8,14H,7,18H2. The number of nitrogens with two attached hydrogens (primary N) is 1. The van der Waals surface area contributed by atoms with Crippen LogP contribution in [0.4, 0.5) is 0 Å². The van der Waals surface area contributed by atoms with Gasteiger partial charge in [0.2, 0.25) is 0 Å². The fourth-order valence-corrected chi connectivity index (χ4v) is 2.59. The topological polar surface area (TPSA) is 26.0 Å². The van der Waals surface area contributed by atoms with Crippen LogP contribution >= 0.6 is 34.8 Å². The summed E-state index contributed by atoms with van der Waals surface area (Å²) in [6.07, 6.45) is 0.682. The summed E-state index contributed by atoms with van der Waals surface area (Å²) in [5.41, 5.74) is 8.13. The van der Waals surface area contributed by atoms with Gasteiger partial charge in [-0.2, -0.15) is 0 Å². The van der Waals surface area contributed by atoms with Crippen molar-refractivity contribution in [1.29, 1.82) is 0 Å². The van der Waals surface area contributed by atoms with E-state index in [4.69, 9.17) is 40.5 Å². The summed E-state index contributed by atoms with van der Waals surface area (Å²) in [5, 5.41) is 1.91. The maximum Gasteiger partial charge on any atom is 0.0468 e. The molecule has 0 aliphatic rings. The number of hydrogen-bond acceptors (Lipinski definition) is 1. The molecule has 0 spiro atoms. The maximum absolute atomic E-state index is 6.16. The summed E-state index contributed by atoms with van der Waals surface area (Å²) < 4.78 is 0. The molecule has 2 N–H and O–H groups in total. The Bertz CT molecular complexity index is 554. The second-order valence-electron chi connectivity index (χ2n) is 4.11. The van der Waals surface area contributed by atoms with Crippen molar-refractivity contribution in [3.05, 3.63) is 68.7 Å². The molecule has 2 aromatic rings. The molecule has 1 nitrogen and oxygen atoms in total. The van der Waals surface area contributed by atoms with E-state index in [1.165, 1.54) is 0 Å². The van der Waals surface area contributed by atoms with E-state index >= 15 is 0 Å². The summed E-state index contributed by atoms with van der Waals surface area (Å²) in [6.45, 7) is 0. The fraction of sp³-hybridized carbons (Fsp3) is 0.143. The van der Waals surface area contributed by atoms with Crippen molar-refractivity contribution in [3.8, 4) is 0 Å². The van der Waals surface area contributed by atoms with Crippen molar-refractivity contribution >= 4 is 34.8 Å². The van der Waals surface area contributed by atoms with Gasteiger partial charge in [0.05, 0.1) is 0 Å². The Hall–Kier alpha value is -0.730. The van der Waals surface area contributed by atoms with E-state index in [0.717, 1.165) is 11.1 Å². The molecule has 2 aromatic carbocycles. The smallest absolute Gasteiger partial charge is 0.0468 e. The van der Waals surface area contributed by atoms with Crippen LogP contribution in [0.1, 0.15) is 17.2 Å². The highest BCUT2D eigenvalue weighted by Crippen LogP contribution is 2.27. The zero-order chi connectivity index (χ0) is 13.1. The molecule has 0 heterocycles. The molecule has 0 bridgehead atoms. The van der Waals surface area contributed by atoms with Crippen LogP contribution in [0.15, 0.2) is 42.5 Å². The zero-order valence-corrected chi connectivity index (χ0v) is 11.8.